The molecule has 1 aliphatic rings. The van der Waals surface area contributed by atoms with Crippen LogP contribution >= 0.6 is 0 Å². The standard InChI is InChI=1S/C15H23FN2O/c1-15(2)14(17)5-4-8-18(15)10-11-6-7-13(19-3)12(16)9-11/h6-7,9,14H,4-5,8,10,17H2,1-3H3. The van der Waals surface area contributed by atoms with E-state index in [0.29, 0.717) is 5.75 Å². The average Bonchev–Trinajstić information content (AvgIpc) is 2.36. The summed E-state index contributed by atoms with van der Waals surface area (Å²) in [5.41, 5.74) is 7.11. The molecule has 0 spiro atoms. The lowest BCUT2D eigenvalue weighted by Crippen LogP contribution is -2.59. The summed E-state index contributed by atoms with van der Waals surface area (Å²) in [6.45, 7) is 6.06. The van der Waals surface area contributed by atoms with Crippen molar-refractivity contribution < 1.29 is 9.13 Å². The van der Waals surface area contributed by atoms with Crippen molar-refractivity contribution >= 4 is 0 Å². The molecule has 1 aromatic rings. The number of nitrogens with zero attached hydrogens (tertiary/aromatic N) is 1. The molecule has 0 radical (unpaired) electrons. The van der Waals surface area contributed by atoms with Crippen molar-refractivity contribution in [3.05, 3.63) is 29.6 Å². The Hall–Kier alpha value is -1.13. The molecule has 1 atom stereocenters. The number of methoxy groups -OCH3 is 1. The summed E-state index contributed by atoms with van der Waals surface area (Å²) >= 11 is 0. The summed E-state index contributed by atoms with van der Waals surface area (Å²) in [6.07, 6.45) is 2.16. The Morgan fingerprint density at radius 1 is 1.47 bits per heavy atom. The molecule has 1 fully saturated rings. The molecule has 3 nitrogen and oxygen atoms in total. The van der Waals surface area contributed by atoms with Gasteiger partial charge >= 0.3 is 0 Å². The normalized spacial score (nSPS) is 23.3. The second-order valence-corrected chi connectivity index (χ2v) is 5.79. The number of rotatable bonds is 3. The lowest BCUT2D eigenvalue weighted by atomic mass is 9.85. The van der Waals surface area contributed by atoms with Crippen LogP contribution in [0.1, 0.15) is 32.3 Å². The van der Waals surface area contributed by atoms with Crippen LogP contribution in [0.2, 0.25) is 0 Å². The predicted octanol–water partition coefficient (Wildman–Crippen LogP) is 2.54. The highest BCUT2D eigenvalue weighted by molar-refractivity contribution is 5.29. The molecule has 0 saturated carbocycles. The lowest BCUT2D eigenvalue weighted by molar-refractivity contribution is 0.0500. The number of likely N-dealkylation sites (tertiary alicyclic amines) is 1. The SMILES string of the molecule is COc1ccc(CN2CCCC(N)C2(C)C)cc1F. The Labute approximate surface area is 114 Å². The third-order valence-electron chi connectivity index (χ3n) is 4.26. The van der Waals surface area contributed by atoms with Gasteiger partial charge in [0, 0.05) is 18.1 Å². The molecular formula is C15H23FN2O. The van der Waals surface area contributed by atoms with Crippen LogP contribution in [-0.2, 0) is 6.54 Å². The van der Waals surface area contributed by atoms with Crippen molar-refractivity contribution in [3.8, 4) is 5.75 Å². The number of ether oxygens (including phenoxy) is 1. The molecule has 0 aliphatic carbocycles. The second kappa shape index (κ2) is 5.47. The van der Waals surface area contributed by atoms with Gasteiger partial charge in [0.05, 0.1) is 7.11 Å². The van der Waals surface area contributed by atoms with Crippen LogP contribution in [0.15, 0.2) is 18.2 Å². The van der Waals surface area contributed by atoms with E-state index in [2.05, 4.69) is 18.7 Å². The summed E-state index contributed by atoms with van der Waals surface area (Å²) in [7, 11) is 1.48. The monoisotopic (exact) mass is 266 g/mol. The van der Waals surface area contributed by atoms with E-state index in [4.69, 9.17) is 10.5 Å². The van der Waals surface area contributed by atoms with Crippen molar-refractivity contribution in [2.24, 2.45) is 5.73 Å². The molecule has 2 rings (SSSR count). The third-order valence-corrected chi connectivity index (χ3v) is 4.26. The average molecular weight is 266 g/mol. The van der Waals surface area contributed by atoms with Gasteiger partial charge in [-0.25, -0.2) is 4.39 Å². The first-order valence-corrected chi connectivity index (χ1v) is 6.78. The fourth-order valence-electron chi connectivity index (χ4n) is 2.69. The van der Waals surface area contributed by atoms with Crippen LogP contribution in [0.5, 0.6) is 5.75 Å². The van der Waals surface area contributed by atoms with Gasteiger partial charge in [0.25, 0.3) is 0 Å². The summed E-state index contributed by atoms with van der Waals surface area (Å²) in [5, 5.41) is 0. The largest absolute Gasteiger partial charge is 0.494 e. The van der Waals surface area contributed by atoms with Gasteiger partial charge in [0.2, 0.25) is 0 Å². The Morgan fingerprint density at radius 3 is 2.84 bits per heavy atom. The molecule has 2 N–H and O–H groups in total. The minimum absolute atomic E-state index is 0.0470. The zero-order valence-corrected chi connectivity index (χ0v) is 11.9. The Kier molecular flexibility index (Phi) is 4.11. The van der Waals surface area contributed by atoms with E-state index < -0.39 is 0 Å². The molecular weight excluding hydrogens is 243 g/mol. The zero-order valence-electron chi connectivity index (χ0n) is 11.9. The second-order valence-electron chi connectivity index (χ2n) is 5.79. The topological polar surface area (TPSA) is 38.5 Å². The maximum Gasteiger partial charge on any atom is 0.165 e. The molecule has 1 unspecified atom stereocenters. The van der Waals surface area contributed by atoms with Crippen LogP contribution in [0, 0.1) is 5.82 Å². The number of halogens is 1. The molecule has 1 heterocycles. The van der Waals surface area contributed by atoms with Crippen LogP contribution in [0.4, 0.5) is 4.39 Å². The van der Waals surface area contributed by atoms with Gasteiger partial charge < -0.3 is 10.5 Å². The fourth-order valence-corrected chi connectivity index (χ4v) is 2.69. The minimum atomic E-state index is -0.306. The van der Waals surface area contributed by atoms with Crippen molar-refractivity contribution in [2.75, 3.05) is 13.7 Å². The summed E-state index contributed by atoms with van der Waals surface area (Å²) in [5.74, 6) is -0.0162. The lowest BCUT2D eigenvalue weighted by Gasteiger charge is -2.46. The highest BCUT2D eigenvalue weighted by Gasteiger charge is 2.36. The Morgan fingerprint density at radius 2 is 2.21 bits per heavy atom. The molecule has 1 aliphatic heterocycles. The van der Waals surface area contributed by atoms with E-state index in [9.17, 15) is 4.39 Å². The first kappa shape index (κ1) is 14.3. The van der Waals surface area contributed by atoms with E-state index >= 15 is 0 Å². The Bertz CT molecular complexity index is 448. The molecule has 106 valence electrons. The molecule has 0 bridgehead atoms. The highest BCUT2D eigenvalue weighted by atomic mass is 19.1. The van der Waals surface area contributed by atoms with E-state index in [-0.39, 0.29) is 17.4 Å². The van der Waals surface area contributed by atoms with Crippen LogP contribution in [0.3, 0.4) is 0 Å². The van der Waals surface area contributed by atoms with Crippen molar-refractivity contribution in [1.82, 2.24) is 4.90 Å². The number of hydrogen-bond acceptors (Lipinski definition) is 3. The van der Waals surface area contributed by atoms with E-state index in [0.717, 1.165) is 31.5 Å². The van der Waals surface area contributed by atoms with Gasteiger partial charge in [-0.1, -0.05) is 6.07 Å². The minimum Gasteiger partial charge on any atom is -0.494 e. The number of piperidine rings is 1. The first-order valence-electron chi connectivity index (χ1n) is 6.78. The Balaban J connectivity index is 2.14. The van der Waals surface area contributed by atoms with Crippen LogP contribution in [-0.4, -0.2) is 30.1 Å². The van der Waals surface area contributed by atoms with Crippen molar-refractivity contribution in [2.45, 2.75) is 44.8 Å². The van der Waals surface area contributed by atoms with Gasteiger partial charge in [-0.2, -0.15) is 0 Å². The van der Waals surface area contributed by atoms with Crippen LogP contribution in [0.25, 0.3) is 0 Å². The molecule has 1 aromatic carbocycles. The number of hydrogen-bond donors (Lipinski definition) is 1. The van der Waals surface area contributed by atoms with E-state index in [1.807, 2.05) is 6.07 Å². The molecule has 4 heteroatoms. The van der Waals surface area contributed by atoms with E-state index in [1.54, 1.807) is 12.1 Å². The smallest absolute Gasteiger partial charge is 0.165 e. The summed E-state index contributed by atoms with van der Waals surface area (Å²) in [4.78, 5) is 2.34. The van der Waals surface area contributed by atoms with Gasteiger partial charge in [0.1, 0.15) is 0 Å². The molecule has 1 saturated heterocycles. The van der Waals surface area contributed by atoms with Gasteiger partial charge in [0.15, 0.2) is 11.6 Å². The maximum atomic E-state index is 13.7. The van der Waals surface area contributed by atoms with Crippen molar-refractivity contribution in [3.63, 3.8) is 0 Å². The van der Waals surface area contributed by atoms with Gasteiger partial charge in [-0.15, -0.1) is 0 Å². The maximum absolute atomic E-state index is 13.7. The van der Waals surface area contributed by atoms with Gasteiger partial charge in [-0.3, -0.25) is 4.90 Å². The summed E-state index contributed by atoms with van der Waals surface area (Å²) < 4.78 is 18.6. The molecule has 0 amide bonds. The summed E-state index contributed by atoms with van der Waals surface area (Å²) in [6, 6.07) is 5.32. The number of benzene rings is 1. The van der Waals surface area contributed by atoms with E-state index in [1.165, 1.54) is 7.11 Å². The predicted molar refractivity (Wildman–Crippen MR) is 74.7 cm³/mol. The molecule has 19 heavy (non-hydrogen) atoms. The third kappa shape index (κ3) is 2.90. The highest BCUT2D eigenvalue weighted by Crippen LogP contribution is 2.29. The fraction of sp³-hybridized carbons (Fsp3) is 0.600. The quantitative estimate of drug-likeness (QED) is 0.913. The van der Waals surface area contributed by atoms with Crippen LogP contribution < -0.4 is 10.5 Å². The first-order chi connectivity index (χ1) is 8.95. The zero-order chi connectivity index (χ0) is 14.0. The number of nitrogens with two attached hydrogens (primary N) is 1. The van der Waals surface area contributed by atoms with Gasteiger partial charge in [-0.05, 0) is 50.9 Å². The van der Waals surface area contributed by atoms with Crippen molar-refractivity contribution in [1.29, 1.82) is 0 Å². The molecule has 0 aromatic heterocycles.